The Morgan fingerprint density at radius 2 is 2.38 bits per heavy atom. The molecule has 2 aromatic rings. The van der Waals surface area contributed by atoms with E-state index in [4.69, 9.17) is 0 Å². The molecule has 16 heavy (non-hydrogen) atoms. The molecule has 1 unspecified atom stereocenters. The summed E-state index contributed by atoms with van der Waals surface area (Å²) < 4.78 is 0. The molecule has 0 amide bonds. The lowest BCUT2D eigenvalue weighted by atomic mass is 10.1. The molecule has 0 aliphatic heterocycles. The second kappa shape index (κ2) is 5.48. The van der Waals surface area contributed by atoms with Crippen molar-refractivity contribution < 1.29 is 5.11 Å². The zero-order valence-electron chi connectivity index (χ0n) is 8.96. The highest BCUT2D eigenvalue weighted by molar-refractivity contribution is 7.98. The maximum atomic E-state index is 9.48. The summed E-state index contributed by atoms with van der Waals surface area (Å²) in [6.45, 7) is 1.78. The van der Waals surface area contributed by atoms with Gasteiger partial charge in [-0.3, -0.25) is 4.98 Å². The van der Waals surface area contributed by atoms with E-state index in [-0.39, 0.29) is 0 Å². The van der Waals surface area contributed by atoms with E-state index in [1.165, 1.54) is 9.77 Å². The Bertz CT molecular complexity index is 440. The van der Waals surface area contributed by atoms with Crippen molar-refractivity contribution in [3.8, 4) is 0 Å². The van der Waals surface area contributed by atoms with Gasteiger partial charge in [0.1, 0.15) is 0 Å². The minimum Gasteiger partial charge on any atom is -0.389 e. The number of aliphatic hydroxyl groups excluding tert-OH is 1. The number of hydrogen-bond donors (Lipinski definition) is 1. The van der Waals surface area contributed by atoms with E-state index in [2.05, 4.69) is 11.1 Å². The summed E-state index contributed by atoms with van der Waals surface area (Å²) in [7, 11) is 0. The summed E-state index contributed by atoms with van der Waals surface area (Å²) >= 11 is 3.44. The molecule has 1 aromatic heterocycles. The van der Waals surface area contributed by atoms with Crippen LogP contribution in [0, 0.1) is 0 Å². The first-order chi connectivity index (χ1) is 7.75. The average molecular weight is 251 g/mol. The molecule has 0 saturated carbocycles. The quantitative estimate of drug-likeness (QED) is 0.844. The van der Waals surface area contributed by atoms with E-state index in [9.17, 15) is 5.11 Å². The van der Waals surface area contributed by atoms with E-state index in [0.717, 1.165) is 11.3 Å². The van der Waals surface area contributed by atoms with Crippen LogP contribution in [0.2, 0.25) is 0 Å². The van der Waals surface area contributed by atoms with Crippen LogP contribution in [0.3, 0.4) is 0 Å². The normalized spacial score (nSPS) is 12.6. The molecule has 0 aliphatic carbocycles. The molecular formula is C12H13NOS2. The molecule has 0 aliphatic rings. The molecule has 1 heterocycles. The Hall–Kier alpha value is -0.840. The summed E-state index contributed by atoms with van der Waals surface area (Å²) in [5, 5.41) is 9.48. The number of thioether (sulfide) groups is 1. The minimum atomic E-state index is -0.399. The Balaban J connectivity index is 2.01. The molecule has 2 nitrogen and oxygen atoms in total. The average Bonchev–Trinajstić information content (AvgIpc) is 2.79. The SMILES string of the molecule is CC(O)c1cccc(SCc2cncs2)c1. The van der Waals surface area contributed by atoms with Crippen LogP contribution in [-0.4, -0.2) is 10.1 Å². The van der Waals surface area contributed by atoms with Crippen LogP contribution >= 0.6 is 23.1 Å². The van der Waals surface area contributed by atoms with Gasteiger partial charge in [0.25, 0.3) is 0 Å². The Labute approximate surface area is 103 Å². The molecule has 0 saturated heterocycles. The van der Waals surface area contributed by atoms with Crippen LogP contribution in [-0.2, 0) is 5.75 Å². The highest BCUT2D eigenvalue weighted by atomic mass is 32.2. The standard InChI is InChI=1S/C12H13NOS2/c1-9(14)10-3-2-4-11(5-10)15-7-12-6-13-8-16-12/h2-6,8-9,14H,7H2,1H3. The summed E-state index contributed by atoms with van der Waals surface area (Å²) in [5.74, 6) is 0.938. The summed E-state index contributed by atoms with van der Waals surface area (Å²) in [6.07, 6.45) is 1.50. The zero-order chi connectivity index (χ0) is 11.4. The number of rotatable bonds is 4. The van der Waals surface area contributed by atoms with Crippen LogP contribution in [0.4, 0.5) is 0 Å². The molecule has 4 heteroatoms. The predicted octanol–water partition coefficient (Wildman–Crippen LogP) is 3.49. The van der Waals surface area contributed by atoms with Crippen molar-refractivity contribution in [1.82, 2.24) is 4.98 Å². The number of hydrogen-bond acceptors (Lipinski definition) is 4. The van der Waals surface area contributed by atoms with Gasteiger partial charge in [-0.2, -0.15) is 0 Å². The third-order valence-electron chi connectivity index (χ3n) is 2.21. The van der Waals surface area contributed by atoms with E-state index in [0.29, 0.717) is 0 Å². The minimum absolute atomic E-state index is 0.399. The smallest absolute Gasteiger partial charge is 0.0794 e. The van der Waals surface area contributed by atoms with Crippen molar-refractivity contribution in [1.29, 1.82) is 0 Å². The fourth-order valence-corrected chi connectivity index (χ4v) is 2.94. The largest absolute Gasteiger partial charge is 0.389 e. The lowest BCUT2D eigenvalue weighted by molar-refractivity contribution is 0.199. The van der Waals surface area contributed by atoms with Crippen LogP contribution in [0.25, 0.3) is 0 Å². The van der Waals surface area contributed by atoms with Crippen LogP contribution in [0.1, 0.15) is 23.5 Å². The molecule has 2 rings (SSSR count). The molecule has 1 N–H and O–H groups in total. The highest BCUT2D eigenvalue weighted by Crippen LogP contribution is 2.26. The first-order valence-corrected chi connectivity index (χ1v) is 6.90. The summed E-state index contributed by atoms with van der Waals surface area (Å²) in [4.78, 5) is 6.50. The van der Waals surface area contributed by atoms with Crippen molar-refractivity contribution in [3.63, 3.8) is 0 Å². The molecule has 84 valence electrons. The maximum Gasteiger partial charge on any atom is 0.0794 e. The van der Waals surface area contributed by atoms with Gasteiger partial charge in [0.15, 0.2) is 0 Å². The van der Waals surface area contributed by atoms with Gasteiger partial charge < -0.3 is 5.11 Å². The van der Waals surface area contributed by atoms with E-state index in [1.807, 2.05) is 29.9 Å². The van der Waals surface area contributed by atoms with Crippen molar-refractivity contribution in [2.45, 2.75) is 23.7 Å². The fraction of sp³-hybridized carbons (Fsp3) is 0.250. The summed E-state index contributed by atoms with van der Waals surface area (Å²) in [6, 6.07) is 8.03. The number of nitrogens with zero attached hydrogens (tertiary/aromatic N) is 1. The number of aromatic nitrogens is 1. The molecular weight excluding hydrogens is 238 g/mol. The van der Waals surface area contributed by atoms with Crippen LogP contribution in [0.5, 0.6) is 0 Å². The molecule has 0 radical (unpaired) electrons. The van der Waals surface area contributed by atoms with Gasteiger partial charge >= 0.3 is 0 Å². The van der Waals surface area contributed by atoms with Gasteiger partial charge in [0.2, 0.25) is 0 Å². The van der Waals surface area contributed by atoms with Gasteiger partial charge in [-0.15, -0.1) is 23.1 Å². The van der Waals surface area contributed by atoms with E-state index < -0.39 is 6.10 Å². The van der Waals surface area contributed by atoms with Gasteiger partial charge in [-0.05, 0) is 24.6 Å². The molecule has 1 aromatic carbocycles. The zero-order valence-corrected chi connectivity index (χ0v) is 10.6. The second-order valence-electron chi connectivity index (χ2n) is 3.50. The first-order valence-electron chi connectivity index (χ1n) is 5.04. The monoisotopic (exact) mass is 251 g/mol. The van der Waals surface area contributed by atoms with Crippen LogP contribution < -0.4 is 0 Å². The third kappa shape index (κ3) is 3.07. The van der Waals surface area contributed by atoms with Gasteiger partial charge in [0, 0.05) is 21.7 Å². The van der Waals surface area contributed by atoms with Crippen molar-refractivity contribution in [2.24, 2.45) is 0 Å². The topological polar surface area (TPSA) is 33.1 Å². The van der Waals surface area contributed by atoms with Crippen molar-refractivity contribution >= 4 is 23.1 Å². The van der Waals surface area contributed by atoms with Gasteiger partial charge in [-0.1, -0.05) is 12.1 Å². The molecule has 0 bridgehead atoms. The lowest BCUT2D eigenvalue weighted by Gasteiger charge is -2.06. The van der Waals surface area contributed by atoms with Crippen molar-refractivity contribution in [3.05, 3.63) is 46.4 Å². The summed E-state index contributed by atoms with van der Waals surface area (Å²) in [5.41, 5.74) is 2.82. The molecule has 1 atom stereocenters. The first kappa shape index (κ1) is 11.6. The van der Waals surface area contributed by atoms with Gasteiger partial charge in [0.05, 0.1) is 11.6 Å². The van der Waals surface area contributed by atoms with E-state index >= 15 is 0 Å². The number of thiazole rings is 1. The van der Waals surface area contributed by atoms with Gasteiger partial charge in [-0.25, -0.2) is 0 Å². The Morgan fingerprint density at radius 1 is 1.50 bits per heavy atom. The van der Waals surface area contributed by atoms with Crippen molar-refractivity contribution in [2.75, 3.05) is 0 Å². The maximum absolute atomic E-state index is 9.48. The number of aliphatic hydroxyl groups is 1. The Kier molecular flexibility index (Phi) is 3.98. The fourth-order valence-electron chi connectivity index (χ4n) is 1.33. The predicted molar refractivity (Wildman–Crippen MR) is 68.8 cm³/mol. The lowest BCUT2D eigenvalue weighted by Crippen LogP contribution is -1.90. The van der Waals surface area contributed by atoms with E-state index in [1.54, 1.807) is 30.0 Å². The Morgan fingerprint density at radius 3 is 3.06 bits per heavy atom. The van der Waals surface area contributed by atoms with Crippen LogP contribution in [0.15, 0.2) is 40.9 Å². The highest BCUT2D eigenvalue weighted by Gasteiger charge is 2.02. The third-order valence-corrected chi connectivity index (χ3v) is 4.21. The number of benzene rings is 1. The molecule has 0 fully saturated rings. The second-order valence-corrected chi connectivity index (χ2v) is 5.52. The molecule has 0 spiro atoms.